The molecule has 2 fully saturated rings. The van der Waals surface area contributed by atoms with Gasteiger partial charge in [0.15, 0.2) is 0 Å². The van der Waals surface area contributed by atoms with Crippen molar-refractivity contribution in [3.8, 4) is 0 Å². The fraction of sp³-hybridized carbons (Fsp3) is 0.680. The van der Waals surface area contributed by atoms with Gasteiger partial charge in [0.25, 0.3) is 0 Å². The average Bonchev–Trinajstić information content (AvgIpc) is 3.43. The molecule has 0 spiro atoms. The minimum atomic E-state index is -4.59. The molecule has 2 aromatic rings. The average molecular weight is 523 g/mol. The second kappa shape index (κ2) is 12.6. The standard InChI is InChI=1S/C25H37F3N8O/c1-19-21(18-36(33-19)16-8-13-34-11-5-6-12-34)31-24-30-17-20(25(26,27)28)23(32-24)29-10-7-15-35-14-4-2-3-9-22(35)37/h17-18H,2-16H2,1H3,(H2,29,30,31,32). The number of carbonyl (C=O) groups is 1. The smallest absolute Gasteiger partial charge is 0.369 e. The van der Waals surface area contributed by atoms with Gasteiger partial charge in [-0.05, 0) is 65.1 Å². The van der Waals surface area contributed by atoms with Gasteiger partial charge in [-0.25, -0.2) is 4.98 Å². The van der Waals surface area contributed by atoms with E-state index in [2.05, 4.69) is 30.6 Å². The van der Waals surface area contributed by atoms with Gasteiger partial charge < -0.3 is 20.4 Å². The minimum Gasteiger partial charge on any atom is -0.369 e. The van der Waals surface area contributed by atoms with E-state index in [0.717, 1.165) is 63.8 Å². The predicted octanol–water partition coefficient (Wildman–Crippen LogP) is 4.43. The first-order valence-corrected chi connectivity index (χ1v) is 13.3. The van der Waals surface area contributed by atoms with Gasteiger partial charge >= 0.3 is 6.18 Å². The van der Waals surface area contributed by atoms with E-state index in [-0.39, 0.29) is 24.2 Å². The fourth-order valence-electron chi connectivity index (χ4n) is 4.87. The van der Waals surface area contributed by atoms with Crippen LogP contribution < -0.4 is 10.6 Å². The van der Waals surface area contributed by atoms with Crippen molar-refractivity contribution in [3.63, 3.8) is 0 Å². The van der Waals surface area contributed by atoms with Gasteiger partial charge in [-0.3, -0.25) is 9.48 Å². The summed E-state index contributed by atoms with van der Waals surface area (Å²) in [7, 11) is 0. The molecule has 204 valence electrons. The molecule has 0 aliphatic carbocycles. The molecule has 2 aliphatic heterocycles. The van der Waals surface area contributed by atoms with Crippen molar-refractivity contribution in [1.82, 2.24) is 29.5 Å². The summed E-state index contributed by atoms with van der Waals surface area (Å²) in [6.07, 6.45) is 5.52. The molecule has 9 nitrogen and oxygen atoms in total. The van der Waals surface area contributed by atoms with E-state index in [1.807, 2.05) is 17.8 Å². The molecule has 4 heterocycles. The number of amides is 1. The molecule has 2 aliphatic rings. The SMILES string of the molecule is Cc1nn(CCCN2CCCC2)cc1Nc1ncc(C(F)(F)F)c(NCCCN2CCCCCC2=O)n1. The van der Waals surface area contributed by atoms with Crippen LogP contribution in [0.4, 0.5) is 30.6 Å². The van der Waals surface area contributed by atoms with Crippen molar-refractivity contribution in [2.75, 3.05) is 49.9 Å². The van der Waals surface area contributed by atoms with E-state index in [9.17, 15) is 18.0 Å². The van der Waals surface area contributed by atoms with E-state index >= 15 is 0 Å². The molecule has 12 heteroatoms. The Balaban J connectivity index is 1.35. The van der Waals surface area contributed by atoms with Crippen LogP contribution in [0.3, 0.4) is 0 Å². The molecule has 2 aromatic heterocycles. The number of likely N-dealkylation sites (tertiary alicyclic amines) is 2. The highest BCUT2D eigenvalue weighted by Gasteiger charge is 2.35. The highest BCUT2D eigenvalue weighted by Crippen LogP contribution is 2.34. The largest absolute Gasteiger partial charge is 0.421 e. The Hall–Kier alpha value is -2.89. The van der Waals surface area contributed by atoms with Gasteiger partial charge in [-0.1, -0.05) is 6.42 Å². The van der Waals surface area contributed by atoms with Gasteiger partial charge in [-0.2, -0.15) is 23.3 Å². The third-order valence-electron chi connectivity index (χ3n) is 6.92. The van der Waals surface area contributed by atoms with Gasteiger partial charge in [0.05, 0.1) is 11.4 Å². The first-order chi connectivity index (χ1) is 17.8. The first kappa shape index (κ1) is 27.2. The van der Waals surface area contributed by atoms with Crippen LogP contribution in [-0.2, 0) is 17.5 Å². The molecule has 1 amide bonds. The molecule has 4 rings (SSSR count). The van der Waals surface area contributed by atoms with Crippen LogP contribution in [0.1, 0.15) is 62.6 Å². The van der Waals surface area contributed by atoms with Crippen molar-refractivity contribution in [3.05, 3.63) is 23.7 Å². The van der Waals surface area contributed by atoms with Crippen LogP contribution in [0.15, 0.2) is 12.4 Å². The zero-order valence-electron chi connectivity index (χ0n) is 21.5. The third-order valence-corrected chi connectivity index (χ3v) is 6.92. The van der Waals surface area contributed by atoms with Crippen LogP contribution in [0.25, 0.3) is 0 Å². The van der Waals surface area contributed by atoms with Crippen LogP contribution in [0.5, 0.6) is 0 Å². The molecule has 0 bridgehead atoms. The number of carbonyl (C=O) groups excluding carboxylic acids is 1. The lowest BCUT2D eigenvalue weighted by Gasteiger charge is -2.21. The summed E-state index contributed by atoms with van der Waals surface area (Å²) in [5.74, 6) is -0.0882. The molecule has 0 saturated carbocycles. The fourth-order valence-corrected chi connectivity index (χ4v) is 4.87. The maximum Gasteiger partial charge on any atom is 0.421 e. The van der Waals surface area contributed by atoms with Crippen molar-refractivity contribution in [2.45, 2.75) is 71.0 Å². The lowest BCUT2D eigenvalue weighted by molar-refractivity contribution is -0.137. The van der Waals surface area contributed by atoms with Gasteiger partial charge in [0.1, 0.15) is 11.4 Å². The highest BCUT2D eigenvalue weighted by molar-refractivity contribution is 5.76. The second-order valence-corrected chi connectivity index (χ2v) is 9.84. The quantitative estimate of drug-likeness (QED) is 0.422. The molecule has 0 unspecified atom stereocenters. The third kappa shape index (κ3) is 7.80. The molecular weight excluding hydrogens is 485 g/mol. The molecule has 37 heavy (non-hydrogen) atoms. The summed E-state index contributed by atoms with van der Waals surface area (Å²) in [5, 5.41) is 10.4. The summed E-state index contributed by atoms with van der Waals surface area (Å²) in [4.78, 5) is 24.4. The molecule has 2 saturated heterocycles. The number of hydrogen-bond donors (Lipinski definition) is 2. The van der Waals surface area contributed by atoms with Crippen LogP contribution in [0, 0.1) is 6.92 Å². The van der Waals surface area contributed by atoms with Crippen molar-refractivity contribution < 1.29 is 18.0 Å². The van der Waals surface area contributed by atoms with E-state index in [4.69, 9.17) is 0 Å². The zero-order chi connectivity index (χ0) is 26.3. The lowest BCUT2D eigenvalue weighted by atomic mass is 10.2. The van der Waals surface area contributed by atoms with Crippen molar-refractivity contribution in [1.29, 1.82) is 0 Å². The molecule has 0 aromatic carbocycles. The maximum absolute atomic E-state index is 13.6. The Morgan fingerprint density at radius 1 is 1.00 bits per heavy atom. The van der Waals surface area contributed by atoms with Crippen molar-refractivity contribution in [2.24, 2.45) is 0 Å². The number of anilines is 3. The number of rotatable bonds is 11. The minimum absolute atomic E-state index is 0.0675. The highest BCUT2D eigenvalue weighted by atomic mass is 19.4. The molecule has 0 radical (unpaired) electrons. The second-order valence-electron chi connectivity index (χ2n) is 9.84. The van der Waals surface area contributed by atoms with E-state index in [1.54, 1.807) is 4.90 Å². The first-order valence-electron chi connectivity index (χ1n) is 13.3. The summed E-state index contributed by atoms with van der Waals surface area (Å²) in [6, 6.07) is 0. The zero-order valence-corrected chi connectivity index (χ0v) is 21.5. The normalized spacial score (nSPS) is 17.3. The number of halogens is 3. The summed E-state index contributed by atoms with van der Waals surface area (Å²) in [6.45, 7) is 7.43. The summed E-state index contributed by atoms with van der Waals surface area (Å²) >= 11 is 0. The summed E-state index contributed by atoms with van der Waals surface area (Å²) in [5.41, 5.74) is 0.464. The number of aryl methyl sites for hydroxylation is 2. The Bertz CT molecular complexity index is 1040. The number of nitrogens with zero attached hydrogens (tertiary/aromatic N) is 6. The number of aromatic nitrogens is 4. The predicted molar refractivity (Wildman–Crippen MR) is 136 cm³/mol. The van der Waals surface area contributed by atoms with Crippen LogP contribution in [0.2, 0.25) is 0 Å². The number of hydrogen-bond acceptors (Lipinski definition) is 7. The lowest BCUT2D eigenvalue weighted by Crippen LogP contribution is -2.32. The number of alkyl halides is 3. The Labute approximate surface area is 215 Å². The van der Waals surface area contributed by atoms with Gasteiger partial charge in [0, 0.05) is 45.0 Å². The maximum atomic E-state index is 13.6. The molecule has 2 N–H and O–H groups in total. The monoisotopic (exact) mass is 522 g/mol. The van der Waals surface area contributed by atoms with Gasteiger partial charge in [-0.15, -0.1) is 0 Å². The Morgan fingerprint density at radius 3 is 2.57 bits per heavy atom. The molecule has 0 atom stereocenters. The number of nitrogens with one attached hydrogen (secondary N) is 2. The van der Waals surface area contributed by atoms with Crippen LogP contribution in [-0.4, -0.2) is 74.7 Å². The Morgan fingerprint density at radius 2 is 1.78 bits per heavy atom. The summed E-state index contributed by atoms with van der Waals surface area (Å²) < 4.78 is 42.6. The van der Waals surface area contributed by atoms with E-state index in [0.29, 0.717) is 31.6 Å². The Kier molecular flexibility index (Phi) is 9.23. The topological polar surface area (TPSA) is 91.2 Å². The van der Waals surface area contributed by atoms with Gasteiger partial charge in [0.2, 0.25) is 11.9 Å². The van der Waals surface area contributed by atoms with E-state index < -0.39 is 11.7 Å². The van der Waals surface area contributed by atoms with Crippen molar-refractivity contribution >= 4 is 23.4 Å². The molecular formula is C25H37F3N8O. The van der Waals surface area contributed by atoms with E-state index in [1.165, 1.54) is 12.8 Å². The van der Waals surface area contributed by atoms with Crippen LogP contribution >= 0.6 is 0 Å².